The summed E-state index contributed by atoms with van der Waals surface area (Å²) in [7, 11) is 1.91. The second-order valence-electron chi connectivity index (χ2n) is 9.43. The first-order chi connectivity index (χ1) is 17.9. The van der Waals surface area contributed by atoms with Gasteiger partial charge in [0.25, 0.3) is 0 Å². The minimum atomic E-state index is -0.231. The molecule has 0 aliphatic carbocycles. The number of anilines is 1. The number of fused-ring (bicyclic) bond motifs is 1. The number of aliphatic imine (C=N–C) groups is 1. The minimum Gasteiger partial charge on any atom is -0.381 e. The fourth-order valence-electron chi connectivity index (χ4n) is 4.84. The van der Waals surface area contributed by atoms with Gasteiger partial charge in [0.15, 0.2) is 6.19 Å². The summed E-state index contributed by atoms with van der Waals surface area (Å²) in [6.07, 6.45) is 8.53. The molecule has 3 aromatic rings. The van der Waals surface area contributed by atoms with Crippen LogP contribution in [0, 0.1) is 24.2 Å². The highest BCUT2D eigenvalue weighted by Gasteiger charge is 2.24. The molecule has 2 aromatic heterocycles. The topological polar surface area (TPSA) is 117 Å². The van der Waals surface area contributed by atoms with E-state index in [4.69, 9.17) is 20.7 Å². The fourth-order valence-corrected chi connectivity index (χ4v) is 4.84. The van der Waals surface area contributed by atoms with Gasteiger partial charge in [-0.3, -0.25) is 10.00 Å². The quantitative estimate of drug-likeness (QED) is 0.239. The number of hydrogen-bond donors (Lipinski definition) is 2. The number of nitriles is 1. The highest BCUT2D eigenvalue weighted by atomic mass is 19.1. The molecule has 0 amide bonds. The monoisotopic (exact) mass is 506 g/mol. The molecule has 5 rings (SSSR count). The lowest BCUT2D eigenvalue weighted by Crippen LogP contribution is -2.31. The van der Waals surface area contributed by atoms with Crippen LogP contribution in [0.3, 0.4) is 0 Å². The van der Waals surface area contributed by atoms with Gasteiger partial charge in [0, 0.05) is 50.5 Å². The number of benzene rings is 1. The van der Waals surface area contributed by atoms with E-state index in [0.29, 0.717) is 5.52 Å². The number of aromatic nitrogens is 3. The molecule has 2 fully saturated rings. The number of hydrogen-bond acceptors (Lipinski definition) is 6. The first-order valence-corrected chi connectivity index (χ1v) is 12.8. The van der Waals surface area contributed by atoms with Crippen molar-refractivity contribution >= 4 is 22.7 Å². The van der Waals surface area contributed by atoms with E-state index >= 15 is 0 Å². The predicted octanol–water partition coefficient (Wildman–Crippen LogP) is 3.80. The maximum atomic E-state index is 14.7. The summed E-state index contributed by atoms with van der Waals surface area (Å²) in [5.41, 5.74) is 9.84. The molecule has 0 saturated carbocycles. The van der Waals surface area contributed by atoms with Crippen molar-refractivity contribution in [3.05, 3.63) is 41.3 Å². The van der Waals surface area contributed by atoms with Gasteiger partial charge in [0.1, 0.15) is 17.2 Å². The Morgan fingerprint density at radius 2 is 2.03 bits per heavy atom. The molecule has 1 aromatic carbocycles. The molecule has 9 nitrogen and oxygen atoms in total. The smallest absolute Gasteiger partial charge is 0.202 e. The van der Waals surface area contributed by atoms with Crippen LogP contribution in [-0.2, 0) is 18.2 Å². The second-order valence-corrected chi connectivity index (χ2v) is 9.43. The van der Waals surface area contributed by atoms with Gasteiger partial charge in [-0.05, 0) is 68.4 Å². The van der Waals surface area contributed by atoms with Crippen molar-refractivity contribution in [1.29, 1.82) is 5.26 Å². The SMILES string of the molecule is CCc1cc(F)c2nc(N3CCCC3)c(-c3ccn(C)n3)c(C)c2c1.N#CNC(N)=NC1CCOCC1. The lowest BCUT2D eigenvalue weighted by Gasteiger charge is -2.22. The Kier molecular flexibility index (Phi) is 8.56. The van der Waals surface area contributed by atoms with Gasteiger partial charge < -0.3 is 15.4 Å². The van der Waals surface area contributed by atoms with Crippen molar-refractivity contribution in [3.8, 4) is 17.5 Å². The van der Waals surface area contributed by atoms with Crippen LogP contribution in [0.15, 0.2) is 29.4 Å². The van der Waals surface area contributed by atoms with Crippen molar-refractivity contribution in [1.82, 2.24) is 20.1 Å². The summed E-state index contributed by atoms with van der Waals surface area (Å²) in [4.78, 5) is 11.2. The Hall–Kier alpha value is -3.71. The predicted molar refractivity (Wildman–Crippen MR) is 144 cm³/mol. The van der Waals surface area contributed by atoms with Crippen LogP contribution < -0.4 is 16.0 Å². The summed E-state index contributed by atoms with van der Waals surface area (Å²) in [6, 6.07) is 5.90. The number of rotatable bonds is 4. The largest absolute Gasteiger partial charge is 0.381 e. The number of aryl methyl sites for hydroxylation is 3. The molecular formula is C27H35FN8O. The van der Waals surface area contributed by atoms with Crippen LogP contribution in [0.2, 0.25) is 0 Å². The number of nitrogens with one attached hydrogen (secondary N) is 1. The highest BCUT2D eigenvalue weighted by molar-refractivity contribution is 5.94. The molecule has 3 N–H and O–H groups in total. The average molecular weight is 507 g/mol. The second kappa shape index (κ2) is 12.0. The lowest BCUT2D eigenvalue weighted by atomic mass is 9.98. The molecule has 0 unspecified atom stereocenters. The average Bonchev–Trinajstić information content (AvgIpc) is 3.57. The Bertz CT molecular complexity index is 1300. The first kappa shape index (κ1) is 26.4. The molecular weight excluding hydrogens is 471 g/mol. The number of pyridine rings is 1. The summed E-state index contributed by atoms with van der Waals surface area (Å²) in [6.45, 7) is 7.50. The summed E-state index contributed by atoms with van der Waals surface area (Å²) >= 11 is 0. The van der Waals surface area contributed by atoms with Gasteiger partial charge >= 0.3 is 0 Å². The molecule has 0 radical (unpaired) electrons. The zero-order chi connectivity index (χ0) is 26.4. The maximum Gasteiger partial charge on any atom is 0.202 e. The van der Waals surface area contributed by atoms with Gasteiger partial charge in [-0.25, -0.2) is 14.4 Å². The van der Waals surface area contributed by atoms with Crippen molar-refractivity contribution in [2.75, 3.05) is 31.2 Å². The van der Waals surface area contributed by atoms with Crippen molar-refractivity contribution in [3.63, 3.8) is 0 Å². The summed E-state index contributed by atoms with van der Waals surface area (Å²) in [5, 5.41) is 16.0. The van der Waals surface area contributed by atoms with E-state index in [1.165, 1.54) is 0 Å². The third-order valence-corrected chi connectivity index (χ3v) is 6.82. The first-order valence-electron chi connectivity index (χ1n) is 12.8. The summed E-state index contributed by atoms with van der Waals surface area (Å²) in [5.74, 6) is 0.833. The van der Waals surface area contributed by atoms with Crippen molar-refractivity contribution < 1.29 is 9.13 Å². The molecule has 37 heavy (non-hydrogen) atoms. The van der Waals surface area contributed by atoms with E-state index in [-0.39, 0.29) is 17.8 Å². The lowest BCUT2D eigenvalue weighted by molar-refractivity contribution is 0.0870. The molecule has 2 aliphatic heterocycles. The van der Waals surface area contributed by atoms with Crippen LogP contribution in [0.4, 0.5) is 10.2 Å². The molecule has 0 bridgehead atoms. The van der Waals surface area contributed by atoms with Crippen molar-refractivity contribution in [2.45, 2.75) is 52.0 Å². The maximum absolute atomic E-state index is 14.7. The van der Waals surface area contributed by atoms with Crippen LogP contribution >= 0.6 is 0 Å². The summed E-state index contributed by atoms with van der Waals surface area (Å²) < 4.78 is 21.7. The standard InChI is InChI=1S/C20H23FN4.C7H12N4O/c1-4-14-11-15-13(2)18(17-7-10-24(3)23-17)20(25-8-5-6-9-25)22-19(15)16(21)12-14;8-5-10-7(9)11-6-1-3-12-4-2-6/h7,10-12H,4-6,8-9H2,1-3H3;6H,1-4H2,(H3,9,10,11). The fraction of sp³-hybridized carbons (Fsp3) is 0.481. The van der Waals surface area contributed by atoms with E-state index in [9.17, 15) is 4.39 Å². The Morgan fingerprint density at radius 1 is 1.30 bits per heavy atom. The zero-order valence-corrected chi connectivity index (χ0v) is 21.8. The molecule has 4 heterocycles. The van der Waals surface area contributed by atoms with E-state index < -0.39 is 0 Å². The van der Waals surface area contributed by atoms with Gasteiger partial charge in [-0.15, -0.1) is 0 Å². The molecule has 0 spiro atoms. The molecule has 2 saturated heterocycles. The number of halogens is 1. The zero-order valence-electron chi connectivity index (χ0n) is 21.8. The van der Waals surface area contributed by atoms with E-state index in [1.54, 1.807) is 16.9 Å². The van der Waals surface area contributed by atoms with E-state index in [1.807, 2.05) is 26.2 Å². The minimum absolute atomic E-state index is 0.199. The van der Waals surface area contributed by atoms with Gasteiger partial charge in [-0.2, -0.15) is 10.4 Å². The molecule has 10 heteroatoms. The molecule has 2 aliphatic rings. The third-order valence-electron chi connectivity index (χ3n) is 6.82. The Balaban J connectivity index is 0.000000225. The third kappa shape index (κ3) is 6.17. The molecule has 196 valence electrons. The van der Waals surface area contributed by atoms with Crippen LogP contribution in [-0.4, -0.2) is 53.1 Å². The number of ether oxygens (including phenoxy) is 1. The van der Waals surface area contributed by atoms with Gasteiger partial charge in [0.2, 0.25) is 5.96 Å². The normalized spacial score (nSPS) is 16.4. The Labute approximate surface area is 217 Å². The van der Waals surface area contributed by atoms with Gasteiger partial charge in [-0.1, -0.05) is 6.92 Å². The van der Waals surface area contributed by atoms with E-state index in [0.717, 1.165) is 92.0 Å². The highest BCUT2D eigenvalue weighted by Crippen LogP contribution is 2.38. The molecule has 0 atom stereocenters. The number of nitrogens with two attached hydrogens (primary N) is 1. The number of guanidine groups is 1. The van der Waals surface area contributed by atoms with Gasteiger partial charge in [0.05, 0.1) is 11.7 Å². The Morgan fingerprint density at radius 3 is 2.65 bits per heavy atom. The van der Waals surface area contributed by atoms with E-state index in [2.05, 4.69) is 33.3 Å². The van der Waals surface area contributed by atoms with Crippen molar-refractivity contribution in [2.24, 2.45) is 17.8 Å². The van der Waals surface area contributed by atoms with Crippen LogP contribution in [0.1, 0.15) is 43.7 Å². The van der Waals surface area contributed by atoms with Crippen LogP contribution in [0.5, 0.6) is 0 Å². The van der Waals surface area contributed by atoms with Crippen LogP contribution in [0.25, 0.3) is 22.2 Å². The number of nitrogens with zero attached hydrogens (tertiary/aromatic N) is 6.